The van der Waals surface area contributed by atoms with Crippen molar-refractivity contribution in [1.29, 1.82) is 0 Å². The second-order valence-corrected chi connectivity index (χ2v) is 14.8. The van der Waals surface area contributed by atoms with E-state index in [2.05, 4.69) is 13.8 Å². The molecule has 0 aromatic rings. The van der Waals surface area contributed by atoms with Gasteiger partial charge in [0.15, 0.2) is 0 Å². The lowest BCUT2D eigenvalue weighted by Gasteiger charge is -2.12. The van der Waals surface area contributed by atoms with Crippen molar-refractivity contribution in [3.63, 3.8) is 0 Å². The van der Waals surface area contributed by atoms with Crippen LogP contribution in [-0.2, 0) is 4.79 Å². The van der Waals surface area contributed by atoms with Gasteiger partial charge >= 0.3 is 5.97 Å². The Bertz CT molecular complexity index is 562. The molecule has 0 amide bonds. The largest absolute Gasteiger partial charge is 0.481 e. The summed E-state index contributed by atoms with van der Waals surface area (Å²) >= 11 is 0. The molecule has 0 saturated heterocycles. The fraction of sp³-hybridized carbons (Fsp3) is 0.976. The topological polar surface area (TPSA) is 57.5 Å². The molecule has 2 N–H and O–H groups in total. The highest BCUT2D eigenvalue weighted by molar-refractivity contribution is 5.69. The first-order valence-electron chi connectivity index (χ1n) is 21.0. The molecule has 0 aromatic carbocycles. The van der Waals surface area contributed by atoms with Crippen molar-refractivity contribution in [2.75, 3.05) is 0 Å². The SMILES string of the molecule is CCCCCCCCCCCCCCCCCCCCCCC(CCCCCCCCCCCC(O)CCCCCC)C(=O)O. The van der Waals surface area contributed by atoms with Crippen LogP contribution in [0.3, 0.4) is 0 Å². The maximum atomic E-state index is 11.7. The lowest BCUT2D eigenvalue weighted by atomic mass is 9.94. The molecule has 0 aliphatic rings. The van der Waals surface area contributed by atoms with Gasteiger partial charge in [-0.25, -0.2) is 0 Å². The van der Waals surface area contributed by atoms with Gasteiger partial charge in [-0.15, -0.1) is 0 Å². The molecular weight excluding hydrogens is 552 g/mol. The number of hydrogen-bond acceptors (Lipinski definition) is 2. The first kappa shape index (κ1) is 44.4. The monoisotopic (exact) mass is 637 g/mol. The molecular formula is C42H84O3. The molecule has 0 bridgehead atoms. The Balaban J connectivity index is 3.40. The van der Waals surface area contributed by atoms with E-state index in [9.17, 15) is 15.0 Å². The second-order valence-electron chi connectivity index (χ2n) is 14.8. The van der Waals surface area contributed by atoms with Crippen LogP contribution < -0.4 is 0 Å². The highest BCUT2D eigenvalue weighted by atomic mass is 16.4. The lowest BCUT2D eigenvalue weighted by molar-refractivity contribution is -0.142. The summed E-state index contributed by atoms with van der Waals surface area (Å²) in [5.74, 6) is -0.693. The van der Waals surface area contributed by atoms with E-state index < -0.39 is 5.97 Å². The minimum absolute atomic E-state index is 0.0787. The van der Waals surface area contributed by atoms with Gasteiger partial charge in [0.1, 0.15) is 0 Å². The lowest BCUT2D eigenvalue weighted by Crippen LogP contribution is -2.13. The highest BCUT2D eigenvalue weighted by Crippen LogP contribution is 2.21. The van der Waals surface area contributed by atoms with Gasteiger partial charge < -0.3 is 10.2 Å². The van der Waals surface area contributed by atoms with E-state index in [1.165, 1.54) is 199 Å². The average Bonchev–Trinajstić information content (AvgIpc) is 3.03. The summed E-state index contributed by atoms with van der Waals surface area (Å²) in [5, 5.41) is 19.7. The third-order valence-electron chi connectivity index (χ3n) is 10.2. The standard InChI is InChI=1S/C42H84O3/c1-3-5-7-9-10-11-12-13-14-15-16-17-18-19-20-21-23-26-29-32-36-40(42(44)45)37-33-30-27-24-22-25-28-31-35-39-41(43)38-34-8-6-4-2/h40-41,43H,3-39H2,1-2H3,(H,44,45). The third kappa shape index (κ3) is 36.1. The fourth-order valence-corrected chi connectivity index (χ4v) is 7.00. The van der Waals surface area contributed by atoms with Gasteiger partial charge in [-0.2, -0.15) is 0 Å². The molecule has 2 unspecified atom stereocenters. The van der Waals surface area contributed by atoms with E-state index >= 15 is 0 Å². The fourth-order valence-electron chi connectivity index (χ4n) is 7.00. The average molecular weight is 637 g/mol. The van der Waals surface area contributed by atoms with E-state index in [4.69, 9.17) is 0 Å². The first-order valence-corrected chi connectivity index (χ1v) is 21.0. The summed E-state index contributed by atoms with van der Waals surface area (Å²) < 4.78 is 0. The third-order valence-corrected chi connectivity index (χ3v) is 10.2. The van der Waals surface area contributed by atoms with Gasteiger partial charge in [0, 0.05) is 0 Å². The Hall–Kier alpha value is -0.570. The first-order chi connectivity index (χ1) is 22.1. The summed E-state index contributed by atoms with van der Waals surface area (Å²) in [6, 6.07) is 0. The van der Waals surface area contributed by atoms with Crippen molar-refractivity contribution in [2.45, 2.75) is 258 Å². The molecule has 0 saturated carbocycles. The Morgan fingerprint density at radius 3 is 0.800 bits per heavy atom. The number of rotatable bonds is 39. The zero-order chi connectivity index (χ0) is 32.9. The number of aliphatic hydroxyl groups is 1. The van der Waals surface area contributed by atoms with Crippen LogP contribution in [0, 0.1) is 5.92 Å². The molecule has 0 heterocycles. The Morgan fingerprint density at radius 2 is 0.556 bits per heavy atom. The summed E-state index contributed by atoms with van der Waals surface area (Å²) in [4.78, 5) is 11.7. The van der Waals surface area contributed by atoms with E-state index in [1.54, 1.807) is 0 Å². The smallest absolute Gasteiger partial charge is 0.306 e. The molecule has 270 valence electrons. The van der Waals surface area contributed by atoms with Crippen LogP contribution in [0.4, 0.5) is 0 Å². The van der Waals surface area contributed by atoms with Crippen LogP contribution in [0.5, 0.6) is 0 Å². The number of carboxylic acids is 1. The van der Waals surface area contributed by atoms with Crippen LogP contribution in [0.1, 0.15) is 251 Å². The van der Waals surface area contributed by atoms with Crippen molar-refractivity contribution >= 4 is 5.97 Å². The van der Waals surface area contributed by atoms with Crippen LogP contribution in [0.2, 0.25) is 0 Å². The van der Waals surface area contributed by atoms with E-state index in [1.807, 2.05) is 0 Å². The number of aliphatic hydroxyl groups excluding tert-OH is 1. The predicted octanol–water partition coefficient (Wildman–Crippen LogP) is 14.5. The molecule has 0 aliphatic heterocycles. The maximum Gasteiger partial charge on any atom is 0.306 e. The molecule has 0 radical (unpaired) electrons. The summed E-state index contributed by atoms with van der Waals surface area (Å²) in [5.41, 5.74) is 0. The minimum atomic E-state index is -0.570. The van der Waals surface area contributed by atoms with Gasteiger partial charge in [0.05, 0.1) is 12.0 Å². The highest BCUT2D eigenvalue weighted by Gasteiger charge is 2.16. The molecule has 2 atom stereocenters. The van der Waals surface area contributed by atoms with Crippen LogP contribution in [-0.4, -0.2) is 22.3 Å². The van der Waals surface area contributed by atoms with Gasteiger partial charge in [0.2, 0.25) is 0 Å². The molecule has 0 spiro atoms. The van der Waals surface area contributed by atoms with Gasteiger partial charge in [-0.1, -0.05) is 226 Å². The van der Waals surface area contributed by atoms with Gasteiger partial charge in [-0.3, -0.25) is 4.79 Å². The number of hydrogen-bond donors (Lipinski definition) is 2. The second kappa shape index (κ2) is 37.9. The molecule has 0 rings (SSSR count). The predicted molar refractivity (Wildman–Crippen MR) is 199 cm³/mol. The normalized spacial score (nSPS) is 13.0. The van der Waals surface area contributed by atoms with Crippen molar-refractivity contribution in [3.05, 3.63) is 0 Å². The van der Waals surface area contributed by atoms with Crippen molar-refractivity contribution in [2.24, 2.45) is 5.92 Å². The molecule has 45 heavy (non-hydrogen) atoms. The van der Waals surface area contributed by atoms with Crippen molar-refractivity contribution < 1.29 is 15.0 Å². The Kier molecular flexibility index (Phi) is 37.4. The molecule has 0 fully saturated rings. The summed E-state index contributed by atoms with van der Waals surface area (Å²) in [6.45, 7) is 4.53. The molecule has 3 nitrogen and oxygen atoms in total. The van der Waals surface area contributed by atoms with Crippen LogP contribution >= 0.6 is 0 Å². The minimum Gasteiger partial charge on any atom is -0.481 e. The van der Waals surface area contributed by atoms with Crippen LogP contribution in [0.15, 0.2) is 0 Å². The maximum absolute atomic E-state index is 11.7. The summed E-state index contributed by atoms with van der Waals surface area (Å²) in [6.07, 6.45) is 47.5. The number of carbonyl (C=O) groups is 1. The molecule has 0 aromatic heterocycles. The zero-order valence-corrected chi connectivity index (χ0v) is 31.1. The van der Waals surface area contributed by atoms with Crippen molar-refractivity contribution in [1.82, 2.24) is 0 Å². The molecule has 3 heteroatoms. The number of unbranched alkanes of at least 4 members (excludes halogenated alkanes) is 30. The van der Waals surface area contributed by atoms with Gasteiger partial charge in [0.25, 0.3) is 0 Å². The van der Waals surface area contributed by atoms with E-state index in [0.29, 0.717) is 0 Å². The van der Waals surface area contributed by atoms with E-state index in [-0.39, 0.29) is 12.0 Å². The quantitative estimate of drug-likeness (QED) is 0.0660. The molecule has 0 aliphatic carbocycles. The zero-order valence-electron chi connectivity index (χ0n) is 31.1. The van der Waals surface area contributed by atoms with Gasteiger partial charge in [-0.05, 0) is 25.7 Å². The summed E-state index contributed by atoms with van der Waals surface area (Å²) in [7, 11) is 0. The Labute approximate surface area is 283 Å². The van der Waals surface area contributed by atoms with Crippen LogP contribution in [0.25, 0.3) is 0 Å². The van der Waals surface area contributed by atoms with E-state index in [0.717, 1.165) is 38.5 Å². The van der Waals surface area contributed by atoms with Crippen molar-refractivity contribution in [3.8, 4) is 0 Å². The number of aliphatic carboxylic acids is 1. The number of carboxylic acid groups (broad SMARTS) is 1. The Morgan fingerprint density at radius 1 is 0.356 bits per heavy atom.